The number of pyridine rings is 1. The second-order valence-electron chi connectivity index (χ2n) is 3.38. The molecular formula is C12H12N2. The molecule has 0 amide bonds. The van der Waals surface area contributed by atoms with Crippen molar-refractivity contribution in [2.45, 2.75) is 6.92 Å². The van der Waals surface area contributed by atoms with Gasteiger partial charge in [-0.2, -0.15) is 0 Å². The normalized spacial score (nSPS) is 10.4. The third-order valence-corrected chi connectivity index (χ3v) is 2.30. The lowest BCUT2D eigenvalue weighted by molar-refractivity contribution is 1.37. The van der Waals surface area contributed by atoms with E-state index in [1.807, 2.05) is 31.2 Å². The maximum atomic E-state index is 5.78. The van der Waals surface area contributed by atoms with Crippen LogP contribution in [-0.4, -0.2) is 4.98 Å². The lowest BCUT2D eigenvalue weighted by Crippen LogP contribution is -1.92. The maximum absolute atomic E-state index is 5.78. The number of benzene rings is 1. The summed E-state index contributed by atoms with van der Waals surface area (Å²) in [5.74, 6) is 0.575. The quantitative estimate of drug-likeness (QED) is 0.740. The average molecular weight is 184 g/mol. The van der Waals surface area contributed by atoms with Crippen molar-refractivity contribution in [1.82, 2.24) is 4.98 Å². The molecule has 0 saturated heterocycles. The lowest BCUT2D eigenvalue weighted by atomic mass is 10.0. The Morgan fingerprint density at radius 2 is 2.07 bits per heavy atom. The maximum Gasteiger partial charge on any atom is 0.131 e. The van der Waals surface area contributed by atoms with Gasteiger partial charge < -0.3 is 5.73 Å². The van der Waals surface area contributed by atoms with Gasteiger partial charge in [0.1, 0.15) is 5.82 Å². The molecule has 0 unspecified atom stereocenters. The van der Waals surface area contributed by atoms with Crippen LogP contribution < -0.4 is 5.73 Å². The second kappa shape index (κ2) is 3.14. The molecule has 0 spiro atoms. The molecule has 2 nitrogen and oxygen atoms in total. The zero-order valence-corrected chi connectivity index (χ0v) is 8.12. The molecule has 0 saturated carbocycles. The first-order valence-corrected chi connectivity index (χ1v) is 4.49. The van der Waals surface area contributed by atoms with Gasteiger partial charge in [0.05, 0.1) is 0 Å². The highest BCUT2D eigenvalue weighted by Crippen LogP contribution is 2.26. The number of hydrogen-bond acceptors (Lipinski definition) is 2. The topological polar surface area (TPSA) is 38.9 Å². The molecule has 70 valence electrons. The Morgan fingerprint density at radius 1 is 1.29 bits per heavy atom. The molecular weight excluding hydrogens is 172 g/mol. The van der Waals surface area contributed by atoms with Crippen LogP contribution in [0.4, 0.5) is 5.82 Å². The van der Waals surface area contributed by atoms with Gasteiger partial charge in [-0.25, -0.2) is 4.98 Å². The molecule has 0 aliphatic heterocycles. The number of aromatic nitrogens is 1. The molecule has 1 heterocycles. The summed E-state index contributed by atoms with van der Waals surface area (Å²) >= 11 is 0. The van der Waals surface area contributed by atoms with Gasteiger partial charge >= 0.3 is 0 Å². The summed E-state index contributed by atoms with van der Waals surface area (Å²) in [6.07, 6.45) is 1.73. The summed E-state index contributed by atoms with van der Waals surface area (Å²) in [6.45, 7) is 5.94. The van der Waals surface area contributed by atoms with Gasteiger partial charge in [-0.15, -0.1) is 0 Å². The zero-order valence-electron chi connectivity index (χ0n) is 8.12. The monoisotopic (exact) mass is 184 g/mol. The van der Waals surface area contributed by atoms with Crippen LogP contribution in [0.5, 0.6) is 0 Å². The third-order valence-electron chi connectivity index (χ3n) is 2.30. The number of allylic oxidation sites excluding steroid dienone is 1. The summed E-state index contributed by atoms with van der Waals surface area (Å²) in [5.41, 5.74) is 7.96. The molecule has 0 aliphatic rings. The third kappa shape index (κ3) is 1.25. The van der Waals surface area contributed by atoms with Crippen molar-refractivity contribution in [3.63, 3.8) is 0 Å². The van der Waals surface area contributed by atoms with Crippen LogP contribution in [0.1, 0.15) is 12.5 Å². The van der Waals surface area contributed by atoms with E-state index in [0.29, 0.717) is 5.82 Å². The summed E-state index contributed by atoms with van der Waals surface area (Å²) in [5, 5.41) is 2.11. The molecule has 2 rings (SSSR count). The first-order valence-electron chi connectivity index (χ1n) is 4.49. The van der Waals surface area contributed by atoms with Gasteiger partial charge in [0, 0.05) is 11.6 Å². The van der Waals surface area contributed by atoms with E-state index in [1.165, 1.54) is 0 Å². The van der Waals surface area contributed by atoms with Crippen LogP contribution >= 0.6 is 0 Å². The number of nitrogens with zero attached hydrogens (tertiary/aromatic N) is 1. The van der Waals surface area contributed by atoms with E-state index in [0.717, 1.165) is 21.9 Å². The Bertz CT molecular complexity index is 501. The average Bonchev–Trinajstić information content (AvgIpc) is 2.17. The predicted octanol–water partition coefficient (Wildman–Crippen LogP) is 2.85. The molecule has 14 heavy (non-hydrogen) atoms. The Kier molecular flexibility index (Phi) is 1.97. The summed E-state index contributed by atoms with van der Waals surface area (Å²) in [4.78, 5) is 4.06. The van der Waals surface area contributed by atoms with Gasteiger partial charge in [-0.05, 0) is 23.9 Å². The van der Waals surface area contributed by atoms with E-state index in [9.17, 15) is 0 Å². The molecule has 0 radical (unpaired) electrons. The van der Waals surface area contributed by atoms with Crippen molar-refractivity contribution in [2.75, 3.05) is 5.73 Å². The highest BCUT2D eigenvalue weighted by molar-refractivity contribution is 5.98. The number of fused-ring (bicyclic) bond motifs is 1. The van der Waals surface area contributed by atoms with Crippen molar-refractivity contribution >= 4 is 22.2 Å². The fourth-order valence-corrected chi connectivity index (χ4v) is 1.60. The SMILES string of the molecule is C=C(C)c1cccc2c(N)nccc12. The minimum absolute atomic E-state index is 0.575. The van der Waals surface area contributed by atoms with E-state index < -0.39 is 0 Å². The molecule has 2 aromatic rings. The van der Waals surface area contributed by atoms with Crippen LogP contribution in [0.15, 0.2) is 37.0 Å². The second-order valence-corrected chi connectivity index (χ2v) is 3.38. The molecule has 1 aromatic heterocycles. The fourth-order valence-electron chi connectivity index (χ4n) is 1.60. The predicted molar refractivity (Wildman–Crippen MR) is 60.9 cm³/mol. The van der Waals surface area contributed by atoms with Crippen LogP contribution in [0.2, 0.25) is 0 Å². The zero-order chi connectivity index (χ0) is 10.1. The van der Waals surface area contributed by atoms with Crippen molar-refractivity contribution in [3.8, 4) is 0 Å². The highest BCUT2D eigenvalue weighted by Gasteiger charge is 2.03. The number of nitrogen functional groups attached to an aromatic ring is 1. The van der Waals surface area contributed by atoms with Crippen LogP contribution in [0.3, 0.4) is 0 Å². The van der Waals surface area contributed by atoms with Gasteiger partial charge in [0.25, 0.3) is 0 Å². The minimum Gasteiger partial charge on any atom is -0.383 e. The van der Waals surface area contributed by atoms with Crippen molar-refractivity contribution in [3.05, 3.63) is 42.6 Å². The Morgan fingerprint density at radius 3 is 2.79 bits per heavy atom. The summed E-state index contributed by atoms with van der Waals surface area (Å²) < 4.78 is 0. The highest BCUT2D eigenvalue weighted by atomic mass is 14.8. The first kappa shape index (κ1) is 8.75. The number of hydrogen-bond donors (Lipinski definition) is 1. The number of rotatable bonds is 1. The molecule has 1 aromatic carbocycles. The minimum atomic E-state index is 0.575. The summed E-state index contributed by atoms with van der Waals surface area (Å²) in [7, 11) is 0. The Labute approximate surface area is 83.1 Å². The molecule has 0 bridgehead atoms. The van der Waals surface area contributed by atoms with Crippen molar-refractivity contribution < 1.29 is 0 Å². The van der Waals surface area contributed by atoms with E-state index in [2.05, 4.69) is 11.6 Å². The summed E-state index contributed by atoms with van der Waals surface area (Å²) in [6, 6.07) is 7.97. The lowest BCUT2D eigenvalue weighted by Gasteiger charge is -2.06. The molecule has 2 N–H and O–H groups in total. The van der Waals surface area contributed by atoms with Crippen LogP contribution in [0.25, 0.3) is 16.3 Å². The number of anilines is 1. The van der Waals surface area contributed by atoms with E-state index in [4.69, 9.17) is 5.73 Å². The molecule has 0 fully saturated rings. The fraction of sp³-hybridized carbons (Fsp3) is 0.0833. The largest absolute Gasteiger partial charge is 0.383 e. The van der Waals surface area contributed by atoms with Crippen molar-refractivity contribution in [1.29, 1.82) is 0 Å². The Hall–Kier alpha value is -1.83. The van der Waals surface area contributed by atoms with E-state index in [1.54, 1.807) is 6.20 Å². The van der Waals surface area contributed by atoms with Gasteiger partial charge in [0.2, 0.25) is 0 Å². The molecule has 2 heteroatoms. The molecule has 0 atom stereocenters. The first-order chi connectivity index (χ1) is 6.70. The number of nitrogens with two attached hydrogens (primary N) is 1. The van der Waals surface area contributed by atoms with Crippen molar-refractivity contribution in [2.24, 2.45) is 0 Å². The van der Waals surface area contributed by atoms with Gasteiger partial charge in [0.15, 0.2) is 0 Å². The van der Waals surface area contributed by atoms with Crippen LogP contribution in [-0.2, 0) is 0 Å². The standard InChI is InChI=1S/C12H12N2/c1-8(2)9-4-3-5-11-10(9)6-7-14-12(11)13/h3-7H,1H2,2H3,(H2,13,14). The smallest absolute Gasteiger partial charge is 0.131 e. The van der Waals surface area contributed by atoms with E-state index in [-0.39, 0.29) is 0 Å². The van der Waals surface area contributed by atoms with E-state index >= 15 is 0 Å². The Balaban J connectivity index is 2.88. The van der Waals surface area contributed by atoms with Gasteiger partial charge in [-0.1, -0.05) is 30.4 Å². The molecule has 0 aliphatic carbocycles. The van der Waals surface area contributed by atoms with Crippen LogP contribution in [0, 0.1) is 0 Å². The van der Waals surface area contributed by atoms with Gasteiger partial charge in [-0.3, -0.25) is 0 Å².